The number of carboxylic acid groups (broad SMARTS) is 1. The van der Waals surface area contributed by atoms with Crippen molar-refractivity contribution in [2.75, 3.05) is 13.6 Å². The molecule has 0 aromatic carbocycles. The topological polar surface area (TPSA) is 83.4 Å². The van der Waals surface area contributed by atoms with Crippen LogP contribution in [0.4, 0.5) is 0 Å². The molecule has 16 heavy (non-hydrogen) atoms. The van der Waals surface area contributed by atoms with Crippen molar-refractivity contribution in [2.24, 2.45) is 0 Å². The summed E-state index contributed by atoms with van der Waals surface area (Å²) in [4.78, 5) is 23.5. The summed E-state index contributed by atoms with van der Waals surface area (Å²) in [7, 11) is 1.44. The molecule has 1 aromatic rings. The Morgan fingerprint density at radius 3 is 2.56 bits per heavy atom. The number of aryl methyl sites for hydroxylation is 2. The molecule has 0 aliphatic heterocycles. The van der Waals surface area contributed by atoms with Crippen LogP contribution >= 0.6 is 0 Å². The summed E-state index contributed by atoms with van der Waals surface area (Å²) >= 11 is 0. The Balaban J connectivity index is 2.95. The van der Waals surface area contributed by atoms with Gasteiger partial charge in [-0.15, -0.1) is 0 Å². The predicted molar refractivity (Wildman–Crippen MR) is 56.1 cm³/mol. The number of aliphatic carboxylic acids is 1. The Labute approximate surface area is 92.9 Å². The lowest BCUT2D eigenvalue weighted by molar-refractivity contribution is -0.137. The molecule has 0 aliphatic rings. The van der Waals surface area contributed by atoms with Gasteiger partial charge in [-0.3, -0.25) is 9.59 Å². The van der Waals surface area contributed by atoms with Gasteiger partial charge in [-0.25, -0.2) is 0 Å². The molecule has 1 aromatic heterocycles. The molecule has 0 unspecified atom stereocenters. The number of carboxylic acids is 1. The lowest BCUT2D eigenvalue weighted by atomic mass is 10.2. The zero-order chi connectivity index (χ0) is 12.3. The number of hydrogen-bond acceptors (Lipinski definition) is 4. The van der Waals surface area contributed by atoms with Crippen LogP contribution in [0, 0.1) is 13.8 Å². The standard InChI is InChI=1S/C10H13N3O3/c1-6-4-8(7(2)12-11-6)10(16)13(3)5-9(14)15/h4H,5H2,1-3H3,(H,14,15). The molecular weight excluding hydrogens is 210 g/mol. The molecule has 1 rings (SSSR count). The Kier molecular flexibility index (Phi) is 3.55. The predicted octanol–water partition coefficient (Wildman–Crippen LogP) is 0.250. The third-order valence-corrected chi connectivity index (χ3v) is 2.05. The largest absolute Gasteiger partial charge is 0.480 e. The zero-order valence-electron chi connectivity index (χ0n) is 9.39. The molecule has 6 nitrogen and oxygen atoms in total. The molecule has 86 valence electrons. The van der Waals surface area contributed by atoms with Crippen molar-refractivity contribution in [2.45, 2.75) is 13.8 Å². The molecule has 0 bridgehead atoms. The van der Waals surface area contributed by atoms with E-state index in [0.717, 1.165) is 4.90 Å². The van der Waals surface area contributed by atoms with E-state index in [1.54, 1.807) is 19.9 Å². The Morgan fingerprint density at radius 1 is 1.38 bits per heavy atom. The average molecular weight is 223 g/mol. The Hall–Kier alpha value is -1.98. The second kappa shape index (κ2) is 4.69. The van der Waals surface area contributed by atoms with Gasteiger partial charge in [-0.2, -0.15) is 10.2 Å². The number of likely N-dealkylation sites (N-methyl/N-ethyl adjacent to an activating group) is 1. The van der Waals surface area contributed by atoms with Gasteiger partial charge in [0, 0.05) is 7.05 Å². The summed E-state index contributed by atoms with van der Waals surface area (Å²) < 4.78 is 0. The summed E-state index contributed by atoms with van der Waals surface area (Å²) in [6, 6.07) is 1.60. The van der Waals surface area contributed by atoms with Gasteiger partial charge >= 0.3 is 5.97 Å². The van der Waals surface area contributed by atoms with Gasteiger partial charge < -0.3 is 10.0 Å². The van der Waals surface area contributed by atoms with Crippen molar-refractivity contribution in [3.8, 4) is 0 Å². The van der Waals surface area contributed by atoms with Crippen molar-refractivity contribution in [3.63, 3.8) is 0 Å². The normalized spacial score (nSPS) is 9.94. The highest BCUT2D eigenvalue weighted by atomic mass is 16.4. The highest BCUT2D eigenvalue weighted by molar-refractivity contribution is 5.96. The molecule has 6 heteroatoms. The minimum atomic E-state index is -1.05. The Bertz CT molecular complexity index is 431. The minimum Gasteiger partial charge on any atom is -0.480 e. The molecule has 0 saturated carbocycles. The van der Waals surface area contributed by atoms with Crippen LogP contribution in [-0.2, 0) is 4.79 Å². The maximum Gasteiger partial charge on any atom is 0.323 e. The van der Waals surface area contributed by atoms with E-state index in [1.807, 2.05) is 0 Å². The smallest absolute Gasteiger partial charge is 0.323 e. The van der Waals surface area contributed by atoms with Crippen LogP contribution in [0.15, 0.2) is 6.07 Å². The average Bonchev–Trinajstić information content (AvgIpc) is 2.19. The van der Waals surface area contributed by atoms with E-state index in [-0.39, 0.29) is 12.5 Å². The van der Waals surface area contributed by atoms with Crippen LogP contribution in [0.25, 0.3) is 0 Å². The van der Waals surface area contributed by atoms with Crippen molar-refractivity contribution in [1.82, 2.24) is 15.1 Å². The third kappa shape index (κ3) is 2.75. The summed E-state index contributed by atoms with van der Waals surface area (Å²) in [5.74, 6) is -1.41. The number of nitrogens with zero attached hydrogens (tertiary/aromatic N) is 3. The molecule has 0 aliphatic carbocycles. The molecular formula is C10H13N3O3. The second-order valence-electron chi connectivity index (χ2n) is 3.54. The molecule has 0 radical (unpaired) electrons. The first-order valence-electron chi connectivity index (χ1n) is 4.70. The summed E-state index contributed by atoms with van der Waals surface area (Å²) in [6.07, 6.45) is 0. The van der Waals surface area contributed by atoms with Crippen molar-refractivity contribution in [1.29, 1.82) is 0 Å². The van der Waals surface area contributed by atoms with Gasteiger partial charge in [0.15, 0.2) is 0 Å². The van der Waals surface area contributed by atoms with E-state index < -0.39 is 5.97 Å². The first-order chi connectivity index (χ1) is 7.41. The van der Waals surface area contributed by atoms with Gasteiger partial charge in [0.2, 0.25) is 0 Å². The van der Waals surface area contributed by atoms with E-state index in [1.165, 1.54) is 7.05 Å². The molecule has 1 N–H and O–H groups in total. The Morgan fingerprint density at radius 2 is 2.00 bits per heavy atom. The highest BCUT2D eigenvalue weighted by Gasteiger charge is 2.17. The van der Waals surface area contributed by atoms with Crippen LogP contribution in [-0.4, -0.2) is 45.7 Å². The fraction of sp³-hybridized carbons (Fsp3) is 0.400. The monoisotopic (exact) mass is 223 g/mol. The van der Waals surface area contributed by atoms with Crippen LogP contribution in [0.5, 0.6) is 0 Å². The van der Waals surface area contributed by atoms with Crippen molar-refractivity contribution >= 4 is 11.9 Å². The lowest BCUT2D eigenvalue weighted by Gasteiger charge is -2.15. The maximum atomic E-state index is 11.8. The first-order valence-corrected chi connectivity index (χ1v) is 4.70. The van der Waals surface area contributed by atoms with Crippen molar-refractivity contribution in [3.05, 3.63) is 23.0 Å². The zero-order valence-corrected chi connectivity index (χ0v) is 9.39. The van der Waals surface area contributed by atoms with E-state index in [0.29, 0.717) is 17.0 Å². The number of carbonyl (C=O) groups is 2. The number of aromatic nitrogens is 2. The van der Waals surface area contributed by atoms with E-state index in [9.17, 15) is 9.59 Å². The summed E-state index contributed by atoms with van der Waals surface area (Å²) in [5.41, 5.74) is 1.50. The highest BCUT2D eigenvalue weighted by Crippen LogP contribution is 2.08. The van der Waals surface area contributed by atoms with E-state index in [2.05, 4.69) is 10.2 Å². The van der Waals surface area contributed by atoms with Gasteiger partial charge in [-0.1, -0.05) is 0 Å². The fourth-order valence-corrected chi connectivity index (χ4v) is 1.25. The summed E-state index contributed by atoms with van der Waals surface area (Å²) in [6.45, 7) is 3.05. The van der Waals surface area contributed by atoms with Gasteiger partial charge in [0.05, 0.1) is 17.0 Å². The van der Waals surface area contributed by atoms with Crippen LogP contribution in [0.2, 0.25) is 0 Å². The molecule has 0 spiro atoms. The van der Waals surface area contributed by atoms with E-state index in [4.69, 9.17) is 5.11 Å². The first kappa shape index (κ1) is 12.1. The maximum absolute atomic E-state index is 11.8. The quantitative estimate of drug-likeness (QED) is 0.794. The molecule has 0 atom stereocenters. The number of carbonyl (C=O) groups excluding carboxylic acids is 1. The second-order valence-corrected chi connectivity index (χ2v) is 3.54. The van der Waals surface area contributed by atoms with Crippen LogP contribution < -0.4 is 0 Å². The number of rotatable bonds is 3. The fourth-order valence-electron chi connectivity index (χ4n) is 1.25. The third-order valence-electron chi connectivity index (χ3n) is 2.05. The molecule has 1 amide bonds. The molecule has 0 saturated heterocycles. The number of hydrogen-bond donors (Lipinski definition) is 1. The van der Waals surface area contributed by atoms with Crippen LogP contribution in [0.3, 0.4) is 0 Å². The minimum absolute atomic E-state index is 0.334. The molecule has 1 heterocycles. The van der Waals surface area contributed by atoms with Gasteiger partial charge in [0.1, 0.15) is 6.54 Å². The van der Waals surface area contributed by atoms with E-state index >= 15 is 0 Å². The van der Waals surface area contributed by atoms with Crippen LogP contribution in [0.1, 0.15) is 21.7 Å². The van der Waals surface area contributed by atoms with Gasteiger partial charge in [-0.05, 0) is 19.9 Å². The molecule has 0 fully saturated rings. The summed E-state index contributed by atoms with van der Waals surface area (Å²) in [5, 5.41) is 16.2. The lowest BCUT2D eigenvalue weighted by Crippen LogP contribution is -2.32. The van der Waals surface area contributed by atoms with Crippen molar-refractivity contribution < 1.29 is 14.7 Å². The van der Waals surface area contributed by atoms with Gasteiger partial charge in [0.25, 0.3) is 5.91 Å². The SMILES string of the molecule is Cc1cc(C(=O)N(C)CC(=O)O)c(C)nn1. The number of amides is 1.